The smallest absolute Gasteiger partial charge is 0.407 e. The summed E-state index contributed by atoms with van der Waals surface area (Å²) in [6.07, 6.45) is 1.54. The van der Waals surface area contributed by atoms with Gasteiger partial charge >= 0.3 is 6.09 Å². The first-order valence-electron chi connectivity index (χ1n) is 7.47. The fraction of sp³-hybridized carbons (Fsp3) is 0.444. The van der Waals surface area contributed by atoms with E-state index in [2.05, 4.69) is 17.2 Å². The normalized spacial score (nSPS) is 13.1. The van der Waals surface area contributed by atoms with Gasteiger partial charge in [-0.2, -0.15) is 0 Å². The lowest BCUT2D eigenvalue weighted by Gasteiger charge is -2.19. The minimum absolute atomic E-state index is 0.199. The number of alkyl carbamates (subject to hydrolysis) is 1. The predicted molar refractivity (Wildman–Crippen MR) is 84.8 cm³/mol. The number of aryl methyl sites for hydroxylation is 1. The Hall–Kier alpha value is -2.28. The van der Waals surface area contributed by atoms with Crippen molar-refractivity contribution in [3.05, 3.63) is 34.9 Å². The summed E-state index contributed by atoms with van der Waals surface area (Å²) < 4.78 is 5.13. The average molecular weight is 299 g/mol. The highest BCUT2D eigenvalue weighted by atomic mass is 16.6. The Labute approximate surface area is 131 Å². The maximum absolute atomic E-state index is 11.7. The molecule has 0 aliphatic heterocycles. The molecule has 1 N–H and O–H groups in total. The Morgan fingerprint density at radius 2 is 2.09 bits per heavy atom. The fourth-order valence-electron chi connectivity index (χ4n) is 2.22. The Kier molecular flexibility index (Phi) is 4.87. The average Bonchev–Trinajstić information content (AvgIpc) is 2.78. The summed E-state index contributed by atoms with van der Waals surface area (Å²) in [6, 6.07) is 5.77. The maximum atomic E-state index is 11.7. The maximum Gasteiger partial charge on any atom is 0.407 e. The Morgan fingerprint density at radius 3 is 2.82 bits per heavy atom. The van der Waals surface area contributed by atoms with Gasteiger partial charge in [-0.3, -0.25) is 4.79 Å². The minimum atomic E-state index is -0.493. The quantitative estimate of drug-likeness (QED) is 0.674. The second-order valence-corrected chi connectivity index (χ2v) is 6.28. The van der Waals surface area contributed by atoms with E-state index >= 15 is 0 Å². The van der Waals surface area contributed by atoms with Crippen molar-refractivity contribution in [2.24, 2.45) is 0 Å². The number of amides is 1. The molecule has 2 rings (SSSR count). The van der Waals surface area contributed by atoms with Crippen molar-refractivity contribution in [2.75, 3.05) is 6.54 Å². The third kappa shape index (κ3) is 4.63. The minimum Gasteiger partial charge on any atom is -0.444 e. The molecule has 1 amide bonds. The van der Waals surface area contributed by atoms with Gasteiger partial charge in [-0.15, -0.1) is 0 Å². The molecule has 1 aliphatic rings. The first-order valence-corrected chi connectivity index (χ1v) is 7.47. The van der Waals surface area contributed by atoms with Gasteiger partial charge in [0, 0.05) is 30.5 Å². The molecule has 0 fully saturated rings. The molecule has 1 aromatic carbocycles. The van der Waals surface area contributed by atoms with Crippen LogP contribution in [0.3, 0.4) is 0 Å². The van der Waals surface area contributed by atoms with E-state index in [0.717, 1.165) is 23.1 Å². The molecule has 0 saturated carbocycles. The van der Waals surface area contributed by atoms with Gasteiger partial charge in [-0.1, -0.05) is 17.9 Å². The number of carbonyl (C=O) groups is 2. The first-order chi connectivity index (χ1) is 10.3. The molecule has 0 heterocycles. The highest BCUT2D eigenvalue weighted by Gasteiger charge is 2.18. The molecule has 116 valence electrons. The number of Topliss-reactive ketones (excluding diaryl/α,β-unsaturated/α-hetero) is 1. The van der Waals surface area contributed by atoms with E-state index in [1.54, 1.807) is 0 Å². The number of rotatable bonds is 2. The summed E-state index contributed by atoms with van der Waals surface area (Å²) in [5.41, 5.74) is 2.26. The van der Waals surface area contributed by atoms with E-state index < -0.39 is 11.7 Å². The highest BCUT2D eigenvalue weighted by molar-refractivity contribution is 6.00. The zero-order valence-corrected chi connectivity index (χ0v) is 13.3. The second kappa shape index (κ2) is 6.65. The lowest BCUT2D eigenvalue weighted by atomic mass is 10.1. The van der Waals surface area contributed by atoms with Gasteiger partial charge in [0.25, 0.3) is 0 Å². The SMILES string of the molecule is CC(C)(C)OC(=O)NCCC#Cc1ccc2c(c1)C(=O)CC2. The summed E-state index contributed by atoms with van der Waals surface area (Å²) in [5, 5.41) is 2.66. The van der Waals surface area contributed by atoms with Crippen molar-refractivity contribution in [3.63, 3.8) is 0 Å². The fourth-order valence-corrected chi connectivity index (χ4v) is 2.22. The Morgan fingerprint density at radius 1 is 1.32 bits per heavy atom. The molecular formula is C18H21NO3. The third-order valence-corrected chi connectivity index (χ3v) is 3.18. The molecule has 4 nitrogen and oxygen atoms in total. The molecule has 4 heteroatoms. The largest absolute Gasteiger partial charge is 0.444 e. The van der Waals surface area contributed by atoms with Crippen LogP contribution in [0.15, 0.2) is 18.2 Å². The molecule has 0 spiro atoms. The van der Waals surface area contributed by atoms with Gasteiger partial charge < -0.3 is 10.1 Å². The number of hydrogen-bond acceptors (Lipinski definition) is 3. The van der Waals surface area contributed by atoms with Crippen molar-refractivity contribution in [1.82, 2.24) is 5.32 Å². The zero-order valence-electron chi connectivity index (χ0n) is 13.3. The highest BCUT2D eigenvalue weighted by Crippen LogP contribution is 2.22. The molecular weight excluding hydrogens is 278 g/mol. The monoisotopic (exact) mass is 299 g/mol. The molecule has 22 heavy (non-hydrogen) atoms. The van der Waals surface area contributed by atoms with Gasteiger partial charge in [0.05, 0.1) is 0 Å². The molecule has 0 saturated heterocycles. The summed E-state index contributed by atoms with van der Waals surface area (Å²) in [5.74, 6) is 6.22. The molecule has 0 aromatic heterocycles. The van der Waals surface area contributed by atoms with E-state index in [-0.39, 0.29) is 5.78 Å². The molecule has 1 aliphatic carbocycles. The predicted octanol–water partition coefficient (Wildman–Crippen LogP) is 3.08. The number of nitrogens with one attached hydrogen (secondary N) is 1. The number of ketones is 1. The van der Waals surface area contributed by atoms with Crippen LogP contribution in [-0.4, -0.2) is 24.0 Å². The first kappa shape index (κ1) is 16.1. The molecule has 0 radical (unpaired) electrons. The Balaban J connectivity index is 1.81. The summed E-state index contributed by atoms with van der Waals surface area (Å²) in [6.45, 7) is 5.90. The number of hydrogen-bond donors (Lipinski definition) is 1. The van der Waals surface area contributed by atoms with E-state index in [4.69, 9.17) is 4.74 Å². The van der Waals surface area contributed by atoms with Crippen LogP contribution in [0.5, 0.6) is 0 Å². The van der Waals surface area contributed by atoms with Crippen LogP contribution in [0, 0.1) is 11.8 Å². The standard InChI is InChI=1S/C18H21NO3/c1-18(2,3)22-17(21)19-11-5-4-6-13-7-8-14-9-10-16(20)15(14)12-13/h7-8,12H,5,9-11H2,1-3H3,(H,19,21). The van der Waals surface area contributed by atoms with Crippen molar-refractivity contribution in [2.45, 2.75) is 45.6 Å². The van der Waals surface area contributed by atoms with Crippen LogP contribution in [0.25, 0.3) is 0 Å². The van der Waals surface area contributed by atoms with E-state index in [9.17, 15) is 9.59 Å². The van der Waals surface area contributed by atoms with Crippen LogP contribution in [0.1, 0.15) is 55.1 Å². The van der Waals surface area contributed by atoms with Crippen molar-refractivity contribution < 1.29 is 14.3 Å². The van der Waals surface area contributed by atoms with Crippen molar-refractivity contribution in [3.8, 4) is 11.8 Å². The van der Waals surface area contributed by atoms with Gasteiger partial charge in [0.1, 0.15) is 5.60 Å². The van der Waals surface area contributed by atoms with Gasteiger partial charge in [0.15, 0.2) is 5.78 Å². The number of carbonyl (C=O) groups excluding carboxylic acids is 2. The van der Waals surface area contributed by atoms with Crippen molar-refractivity contribution in [1.29, 1.82) is 0 Å². The number of ether oxygens (including phenoxy) is 1. The number of fused-ring (bicyclic) bond motifs is 1. The van der Waals surface area contributed by atoms with E-state index in [1.807, 2.05) is 39.0 Å². The summed E-state index contributed by atoms with van der Waals surface area (Å²) >= 11 is 0. The van der Waals surface area contributed by atoms with Crippen LogP contribution in [-0.2, 0) is 11.2 Å². The molecule has 0 unspecified atom stereocenters. The Bertz CT molecular complexity index is 645. The molecule has 0 atom stereocenters. The zero-order chi connectivity index (χ0) is 16.2. The van der Waals surface area contributed by atoms with E-state index in [0.29, 0.717) is 19.4 Å². The topological polar surface area (TPSA) is 55.4 Å². The van der Waals surface area contributed by atoms with Gasteiger partial charge in [-0.05, 0) is 44.9 Å². The van der Waals surface area contributed by atoms with Crippen LogP contribution in [0.2, 0.25) is 0 Å². The molecule has 0 bridgehead atoms. The summed E-state index contributed by atoms with van der Waals surface area (Å²) in [7, 11) is 0. The lowest BCUT2D eigenvalue weighted by Crippen LogP contribution is -2.32. The van der Waals surface area contributed by atoms with E-state index in [1.165, 1.54) is 0 Å². The van der Waals surface area contributed by atoms with Crippen LogP contribution < -0.4 is 5.32 Å². The van der Waals surface area contributed by atoms with Gasteiger partial charge in [0.2, 0.25) is 0 Å². The van der Waals surface area contributed by atoms with Crippen LogP contribution >= 0.6 is 0 Å². The summed E-state index contributed by atoms with van der Waals surface area (Å²) in [4.78, 5) is 23.1. The lowest BCUT2D eigenvalue weighted by molar-refractivity contribution is 0.0529. The number of benzene rings is 1. The third-order valence-electron chi connectivity index (χ3n) is 3.18. The van der Waals surface area contributed by atoms with Crippen molar-refractivity contribution >= 4 is 11.9 Å². The second-order valence-electron chi connectivity index (χ2n) is 6.28. The van der Waals surface area contributed by atoms with Gasteiger partial charge in [-0.25, -0.2) is 4.79 Å². The molecule has 1 aromatic rings. The van der Waals surface area contributed by atoms with Crippen LogP contribution in [0.4, 0.5) is 4.79 Å².